The van der Waals surface area contributed by atoms with Gasteiger partial charge in [-0.15, -0.1) is 0 Å². The molecule has 0 aliphatic rings. The highest BCUT2D eigenvalue weighted by Crippen LogP contribution is 2.22. The van der Waals surface area contributed by atoms with Crippen LogP contribution in [0.5, 0.6) is 17.2 Å². The maximum Gasteiger partial charge on any atom is 0.260 e. The second-order valence-electron chi connectivity index (χ2n) is 5.56. The lowest BCUT2D eigenvalue weighted by Crippen LogP contribution is -2.28. The second kappa shape index (κ2) is 10.7. The van der Waals surface area contributed by atoms with Gasteiger partial charge in [0.15, 0.2) is 6.61 Å². The average Bonchev–Trinajstić information content (AvgIpc) is 2.71. The molecule has 144 valence electrons. The SMILES string of the molecule is COc1ccc(CCNC(=O)CO/N=C/c2cc(OC)ccc2OC)cc1. The fraction of sp³-hybridized carbons (Fsp3) is 0.300. The summed E-state index contributed by atoms with van der Waals surface area (Å²) in [5.74, 6) is 1.88. The Morgan fingerprint density at radius 2 is 1.70 bits per heavy atom. The highest BCUT2D eigenvalue weighted by atomic mass is 16.6. The zero-order valence-electron chi connectivity index (χ0n) is 15.7. The molecule has 2 rings (SSSR count). The fourth-order valence-corrected chi connectivity index (χ4v) is 2.32. The van der Waals surface area contributed by atoms with E-state index in [0.717, 1.165) is 17.7 Å². The molecule has 0 heterocycles. The van der Waals surface area contributed by atoms with Crippen molar-refractivity contribution in [2.45, 2.75) is 6.42 Å². The van der Waals surface area contributed by atoms with E-state index in [1.54, 1.807) is 39.5 Å². The van der Waals surface area contributed by atoms with E-state index in [1.165, 1.54) is 6.21 Å². The van der Waals surface area contributed by atoms with Gasteiger partial charge in [-0.3, -0.25) is 4.79 Å². The lowest BCUT2D eigenvalue weighted by Gasteiger charge is -2.07. The van der Waals surface area contributed by atoms with E-state index in [1.807, 2.05) is 24.3 Å². The zero-order chi connectivity index (χ0) is 19.5. The molecule has 1 N–H and O–H groups in total. The number of methoxy groups -OCH3 is 3. The molecule has 0 fully saturated rings. The minimum atomic E-state index is -0.238. The van der Waals surface area contributed by atoms with E-state index in [-0.39, 0.29) is 12.5 Å². The van der Waals surface area contributed by atoms with E-state index in [9.17, 15) is 4.79 Å². The first-order chi connectivity index (χ1) is 13.2. The highest BCUT2D eigenvalue weighted by molar-refractivity contribution is 5.84. The molecule has 0 saturated heterocycles. The van der Waals surface area contributed by atoms with Gasteiger partial charge in [0.2, 0.25) is 0 Å². The Bertz CT molecular complexity index is 759. The lowest BCUT2D eigenvalue weighted by molar-refractivity contribution is -0.125. The lowest BCUT2D eigenvalue weighted by atomic mass is 10.1. The Labute approximate surface area is 158 Å². The van der Waals surface area contributed by atoms with E-state index in [0.29, 0.717) is 23.6 Å². The second-order valence-corrected chi connectivity index (χ2v) is 5.56. The Hall–Kier alpha value is -3.22. The van der Waals surface area contributed by atoms with Crippen molar-refractivity contribution in [2.75, 3.05) is 34.5 Å². The van der Waals surface area contributed by atoms with Crippen LogP contribution in [-0.4, -0.2) is 46.6 Å². The number of hydrogen-bond donors (Lipinski definition) is 1. The first-order valence-corrected chi connectivity index (χ1v) is 8.43. The van der Waals surface area contributed by atoms with E-state index in [4.69, 9.17) is 19.0 Å². The van der Waals surface area contributed by atoms with E-state index in [2.05, 4.69) is 10.5 Å². The summed E-state index contributed by atoms with van der Waals surface area (Å²) in [6.45, 7) is 0.355. The number of carbonyl (C=O) groups excluding carboxylic acids is 1. The van der Waals surface area contributed by atoms with Crippen LogP contribution < -0.4 is 19.5 Å². The van der Waals surface area contributed by atoms with Gasteiger partial charge < -0.3 is 24.4 Å². The molecule has 0 atom stereocenters. The number of carbonyl (C=O) groups is 1. The Morgan fingerprint density at radius 1 is 1.00 bits per heavy atom. The number of nitrogens with one attached hydrogen (secondary N) is 1. The number of oxime groups is 1. The summed E-state index contributed by atoms with van der Waals surface area (Å²) in [5.41, 5.74) is 1.80. The van der Waals surface area contributed by atoms with Crippen molar-refractivity contribution in [1.29, 1.82) is 0 Å². The molecule has 0 unspecified atom stereocenters. The molecule has 7 nitrogen and oxygen atoms in total. The van der Waals surface area contributed by atoms with Crippen molar-refractivity contribution in [2.24, 2.45) is 5.16 Å². The quantitative estimate of drug-likeness (QED) is 0.512. The largest absolute Gasteiger partial charge is 0.497 e. The maximum atomic E-state index is 11.8. The topological polar surface area (TPSA) is 78.4 Å². The number of hydrogen-bond acceptors (Lipinski definition) is 6. The smallest absolute Gasteiger partial charge is 0.260 e. The summed E-state index contributed by atoms with van der Waals surface area (Å²) < 4.78 is 15.5. The minimum absolute atomic E-state index is 0.161. The van der Waals surface area contributed by atoms with Crippen LogP contribution in [-0.2, 0) is 16.1 Å². The standard InChI is InChI=1S/C20H24N2O5/c1-24-17-6-4-15(5-7-17)10-11-21-20(23)14-27-22-13-16-12-18(25-2)8-9-19(16)26-3/h4-9,12-13H,10-11,14H2,1-3H3,(H,21,23)/b22-13+. The van der Waals surface area contributed by atoms with Crippen molar-refractivity contribution >= 4 is 12.1 Å². The van der Waals surface area contributed by atoms with Gasteiger partial charge in [0.1, 0.15) is 17.2 Å². The number of nitrogens with zero attached hydrogens (tertiary/aromatic N) is 1. The highest BCUT2D eigenvalue weighted by Gasteiger charge is 2.04. The average molecular weight is 372 g/mol. The maximum absolute atomic E-state index is 11.8. The third kappa shape index (κ3) is 6.54. The van der Waals surface area contributed by atoms with Gasteiger partial charge in [-0.05, 0) is 42.3 Å². The van der Waals surface area contributed by atoms with Crippen LogP contribution in [0.3, 0.4) is 0 Å². The molecule has 0 saturated carbocycles. The first-order valence-electron chi connectivity index (χ1n) is 8.43. The summed E-state index contributed by atoms with van der Waals surface area (Å²) in [7, 11) is 4.77. The number of benzene rings is 2. The normalized spacial score (nSPS) is 10.5. The molecular weight excluding hydrogens is 348 g/mol. The fourth-order valence-electron chi connectivity index (χ4n) is 2.32. The number of amides is 1. The van der Waals surface area contributed by atoms with Gasteiger partial charge in [-0.2, -0.15) is 0 Å². The summed E-state index contributed by atoms with van der Waals surface area (Å²) in [5, 5.41) is 6.60. The molecule has 0 spiro atoms. The predicted molar refractivity (Wildman–Crippen MR) is 103 cm³/mol. The van der Waals surface area contributed by atoms with Crippen LogP contribution >= 0.6 is 0 Å². The van der Waals surface area contributed by atoms with Crippen molar-refractivity contribution < 1.29 is 23.8 Å². The molecule has 0 aliphatic heterocycles. The van der Waals surface area contributed by atoms with Crippen molar-refractivity contribution in [3.63, 3.8) is 0 Å². The molecule has 0 aromatic heterocycles. The summed E-state index contributed by atoms with van der Waals surface area (Å²) in [6, 6.07) is 13.0. The molecule has 27 heavy (non-hydrogen) atoms. The van der Waals surface area contributed by atoms with Crippen molar-refractivity contribution in [3.05, 3.63) is 53.6 Å². The van der Waals surface area contributed by atoms with Crippen LogP contribution in [0.15, 0.2) is 47.6 Å². The van der Waals surface area contributed by atoms with E-state index >= 15 is 0 Å². The molecule has 1 amide bonds. The van der Waals surface area contributed by atoms with Crippen molar-refractivity contribution in [1.82, 2.24) is 5.32 Å². The van der Waals surface area contributed by atoms with Crippen LogP contribution in [0, 0.1) is 0 Å². The van der Waals surface area contributed by atoms with Gasteiger partial charge in [0.05, 0.1) is 27.5 Å². The third-order valence-electron chi connectivity index (χ3n) is 3.79. The third-order valence-corrected chi connectivity index (χ3v) is 3.79. The van der Waals surface area contributed by atoms with Crippen LogP contribution in [0.2, 0.25) is 0 Å². The zero-order valence-corrected chi connectivity index (χ0v) is 15.7. The summed E-state index contributed by atoms with van der Waals surface area (Å²) >= 11 is 0. The number of rotatable bonds is 10. The molecule has 2 aromatic rings. The number of ether oxygens (including phenoxy) is 3. The van der Waals surface area contributed by atoms with Gasteiger partial charge in [0.25, 0.3) is 5.91 Å². The predicted octanol–water partition coefficient (Wildman–Crippen LogP) is 2.42. The molecule has 0 aliphatic carbocycles. The Kier molecular flexibility index (Phi) is 7.96. The van der Waals surface area contributed by atoms with E-state index < -0.39 is 0 Å². The van der Waals surface area contributed by atoms with Crippen LogP contribution in [0.25, 0.3) is 0 Å². The van der Waals surface area contributed by atoms with Crippen molar-refractivity contribution in [3.8, 4) is 17.2 Å². The summed E-state index contributed by atoms with van der Waals surface area (Å²) in [6.07, 6.45) is 2.20. The van der Waals surface area contributed by atoms with Gasteiger partial charge >= 0.3 is 0 Å². The molecular formula is C20H24N2O5. The summed E-state index contributed by atoms with van der Waals surface area (Å²) in [4.78, 5) is 16.8. The Balaban J connectivity index is 1.73. The van der Waals surface area contributed by atoms with Crippen LogP contribution in [0.4, 0.5) is 0 Å². The first kappa shape index (κ1) is 20.1. The molecule has 0 bridgehead atoms. The van der Waals surface area contributed by atoms with Crippen LogP contribution in [0.1, 0.15) is 11.1 Å². The minimum Gasteiger partial charge on any atom is -0.497 e. The Morgan fingerprint density at radius 3 is 2.37 bits per heavy atom. The molecule has 0 radical (unpaired) electrons. The monoisotopic (exact) mass is 372 g/mol. The van der Waals surface area contributed by atoms with Gasteiger partial charge in [-0.25, -0.2) is 0 Å². The molecule has 7 heteroatoms. The van der Waals surface area contributed by atoms with Gasteiger partial charge in [0, 0.05) is 12.1 Å². The molecule has 2 aromatic carbocycles. The van der Waals surface area contributed by atoms with Gasteiger partial charge in [-0.1, -0.05) is 17.3 Å².